The summed E-state index contributed by atoms with van der Waals surface area (Å²) in [5.41, 5.74) is 1.46. The van der Waals surface area contributed by atoms with E-state index in [2.05, 4.69) is 5.32 Å². The van der Waals surface area contributed by atoms with E-state index in [-0.39, 0.29) is 17.0 Å². The first-order valence-electron chi connectivity index (χ1n) is 9.15. The van der Waals surface area contributed by atoms with Crippen LogP contribution < -0.4 is 20.2 Å². The number of fused-ring (bicyclic) bond motifs is 1. The number of ether oxygens (including phenoxy) is 2. The van der Waals surface area contributed by atoms with Crippen molar-refractivity contribution in [1.82, 2.24) is 9.88 Å². The fourth-order valence-electron chi connectivity index (χ4n) is 3.14. The summed E-state index contributed by atoms with van der Waals surface area (Å²) in [6.07, 6.45) is 1.57. The van der Waals surface area contributed by atoms with Crippen molar-refractivity contribution in [3.8, 4) is 11.5 Å². The average Bonchev–Trinajstić information content (AvgIpc) is 2.70. The van der Waals surface area contributed by atoms with Gasteiger partial charge < -0.3 is 19.4 Å². The molecule has 28 heavy (non-hydrogen) atoms. The predicted octanol–water partition coefficient (Wildman–Crippen LogP) is 3.44. The van der Waals surface area contributed by atoms with E-state index in [9.17, 15) is 9.59 Å². The molecule has 0 aliphatic carbocycles. The monoisotopic (exact) mass is 380 g/mol. The standard InChI is InChI=1S/C22H24N2O4/c1-5-28-17-10-11-20-18(12-17)21(25)19(13-24(20)3)22(26)23-14(2)15-6-8-16(27-4)9-7-15/h6-14H,5H2,1-4H3,(H,23,26)/t14-/m0/s1. The van der Waals surface area contributed by atoms with E-state index in [0.29, 0.717) is 17.7 Å². The van der Waals surface area contributed by atoms with Crippen LogP contribution in [0.25, 0.3) is 10.9 Å². The van der Waals surface area contributed by atoms with Crippen molar-refractivity contribution in [3.63, 3.8) is 0 Å². The second kappa shape index (κ2) is 8.17. The van der Waals surface area contributed by atoms with E-state index in [4.69, 9.17) is 9.47 Å². The van der Waals surface area contributed by atoms with E-state index in [0.717, 1.165) is 16.8 Å². The van der Waals surface area contributed by atoms with Crippen LogP contribution >= 0.6 is 0 Å². The molecule has 0 spiro atoms. The number of rotatable bonds is 6. The maximum atomic E-state index is 12.9. The lowest BCUT2D eigenvalue weighted by Gasteiger charge is -2.16. The quantitative estimate of drug-likeness (QED) is 0.711. The molecule has 146 valence electrons. The summed E-state index contributed by atoms with van der Waals surface area (Å²) >= 11 is 0. The minimum atomic E-state index is -0.410. The number of hydrogen-bond acceptors (Lipinski definition) is 4. The highest BCUT2D eigenvalue weighted by Gasteiger charge is 2.17. The van der Waals surface area contributed by atoms with Crippen molar-refractivity contribution in [3.05, 3.63) is 70.0 Å². The number of amides is 1. The van der Waals surface area contributed by atoms with Gasteiger partial charge >= 0.3 is 0 Å². The van der Waals surface area contributed by atoms with Crippen molar-refractivity contribution in [2.24, 2.45) is 7.05 Å². The van der Waals surface area contributed by atoms with Crippen LogP contribution in [0.5, 0.6) is 11.5 Å². The van der Waals surface area contributed by atoms with E-state index < -0.39 is 5.91 Å². The molecule has 2 aromatic carbocycles. The van der Waals surface area contributed by atoms with Crippen molar-refractivity contribution in [1.29, 1.82) is 0 Å². The third-order valence-corrected chi connectivity index (χ3v) is 4.68. The van der Waals surface area contributed by atoms with Crippen LogP contribution in [-0.4, -0.2) is 24.2 Å². The number of aromatic nitrogens is 1. The molecular formula is C22H24N2O4. The second-order valence-corrected chi connectivity index (χ2v) is 6.56. The summed E-state index contributed by atoms with van der Waals surface area (Å²) in [7, 11) is 3.42. The lowest BCUT2D eigenvalue weighted by molar-refractivity contribution is 0.0938. The number of aryl methyl sites for hydroxylation is 1. The highest BCUT2D eigenvalue weighted by molar-refractivity contribution is 5.97. The SMILES string of the molecule is CCOc1ccc2c(c1)c(=O)c(C(=O)N[C@@H](C)c1ccc(OC)cc1)cn2C. The maximum absolute atomic E-state index is 12.9. The van der Waals surface area contributed by atoms with Crippen LogP contribution in [0.3, 0.4) is 0 Å². The molecule has 1 amide bonds. The van der Waals surface area contributed by atoms with Gasteiger partial charge in [0.25, 0.3) is 5.91 Å². The average molecular weight is 380 g/mol. The minimum absolute atomic E-state index is 0.101. The van der Waals surface area contributed by atoms with Gasteiger partial charge in [-0.15, -0.1) is 0 Å². The summed E-state index contributed by atoms with van der Waals surface area (Å²) in [6.45, 7) is 4.26. The molecule has 0 fully saturated rings. The third-order valence-electron chi connectivity index (χ3n) is 4.68. The van der Waals surface area contributed by atoms with Gasteiger partial charge in [0.15, 0.2) is 0 Å². The Morgan fingerprint density at radius 1 is 1.14 bits per heavy atom. The summed E-state index contributed by atoms with van der Waals surface area (Å²) in [6, 6.07) is 12.5. The fourth-order valence-corrected chi connectivity index (χ4v) is 3.14. The molecule has 3 aromatic rings. The number of nitrogens with zero attached hydrogens (tertiary/aromatic N) is 1. The van der Waals surface area contributed by atoms with E-state index in [1.807, 2.05) is 57.3 Å². The van der Waals surface area contributed by atoms with Gasteiger partial charge in [-0.1, -0.05) is 12.1 Å². The molecule has 6 nitrogen and oxygen atoms in total. The Hall–Kier alpha value is -3.28. The highest BCUT2D eigenvalue weighted by atomic mass is 16.5. The third kappa shape index (κ3) is 3.86. The maximum Gasteiger partial charge on any atom is 0.257 e. The molecule has 0 aliphatic heterocycles. The van der Waals surface area contributed by atoms with Crippen LogP contribution in [0, 0.1) is 0 Å². The normalized spacial score (nSPS) is 11.9. The van der Waals surface area contributed by atoms with Crippen LogP contribution in [0.15, 0.2) is 53.5 Å². The zero-order valence-corrected chi connectivity index (χ0v) is 16.5. The molecular weight excluding hydrogens is 356 g/mol. The Morgan fingerprint density at radius 2 is 1.82 bits per heavy atom. The molecule has 1 aromatic heterocycles. The summed E-state index contributed by atoms with van der Waals surface area (Å²) in [5.74, 6) is 0.944. The summed E-state index contributed by atoms with van der Waals surface area (Å²) < 4.78 is 12.4. The largest absolute Gasteiger partial charge is 0.497 e. The number of nitrogens with one attached hydrogen (secondary N) is 1. The molecule has 0 saturated carbocycles. The van der Waals surface area contributed by atoms with E-state index in [1.54, 1.807) is 23.9 Å². The van der Waals surface area contributed by atoms with Crippen molar-refractivity contribution >= 4 is 16.8 Å². The van der Waals surface area contributed by atoms with Crippen molar-refractivity contribution < 1.29 is 14.3 Å². The lowest BCUT2D eigenvalue weighted by Crippen LogP contribution is -2.31. The van der Waals surface area contributed by atoms with Crippen LogP contribution in [-0.2, 0) is 7.05 Å². The zero-order valence-electron chi connectivity index (χ0n) is 16.5. The first kappa shape index (κ1) is 19.5. The van der Waals surface area contributed by atoms with Gasteiger partial charge in [-0.05, 0) is 49.7 Å². The lowest BCUT2D eigenvalue weighted by atomic mass is 10.1. The van der Waals surface area contributed by atoms with Gasteiger partial charge in [-0.25, -0.2) is 0 Å². The molecule has 0 saturated heterocycles. The Kier molecular flexibility index (Phi) is 5.68. The first-order chi connectivity index (χ1) is 13.4. The van der Waals surface area contributed by atoms with Crippen molar-refractivity contribution in [2.45, 2.75) is 19.9 Å². The number of carbonyl (C=O) groups excluding carboxylic acids is 1. The van der Waals surface area contributed by atoms with Gasteiger partial charge in [-0.2, -0.15) is 0 Å². The number of hydrogen-bond donors (Lipinski definition) is 1. The van der Waals surface area contributed by atoms with Crippen LogP contribution in [0.4, 0.5) is 0 Å². The molecule has 3 rings (SSSR count). The molecule has 1 N–H and O–H groups in total. The second-order valence-electron chi connectivity index (χ2n) is 6.56. The molecule has 0 bridgehead atoms. The molecule has 6 heteroatoms. The van der Waals surface area contributed by atoms with E-state index in [1.165, 1.54) is 0 Å². The first-order valence-corrected chi connectivity index (χ1v) is 9.15. The fraction of sp³-hybridized carbons (Fsp3) is 0.273. The van der Waals surface area contributed by atoms with Crippen LogP contribution in [0.1, 0.15) is 35.8 Å². The molecule has 0 unspecified atom stereocenters. The molecule has 0 aliphatic rings. The van der Waals surface area contributed by atoms with Gasteiger partial charge in [0, 0.05) is 13.2 Å². The molecule has 1 atom stereocenters. The smallest absolute Gasteiger partial charge is 0.257 e. The highest BCUT2D eigenvalue weighted by Crippen LogP contribution is 2.20. The summed E-state index contributed by atoms with van der Waals surface area (Å²) in [5, 5.41) is 3.35. The number of pyridine rings is 1. The number of carbonyl (C=O) groups is 1. The van der Waals surface area contributed by atoms with Crippen LogP contribution in [0.2, 0.25) is 0 Å². The molecule has 0 radical (unpaired) electrons. The zero-order chi connectivity index (χ0) is 20.3. The van der Waals surface area contributed by atoms with Crippen molar-refractivity contribution in [2.75, 3.05) is 13.7 Å². The minimum Gasteiger partial charge on any atom is -0.497 e. The number of benzene rings is 2. The Balaban J connectivity index is 1.92. The molecule has 1 heterocycles. The van der Waals surface area contributed by atoms with Gasteiger partial charge in [-0.3, -0.25) is 9.59 Å². The Morgan fingerprint density at radius 3 is 2.46 bits per heavy atom. The predicted molar refractivity (Wildman–Crippen MR) is 109 cm³/mol. The van der Waals surface area contributed by atoms with Gasteiger partial charge in [0.05, 0.1) is 30.7 Å². The van der Waals surface area contributed by atoms with Gasteiger partial charge in [0.2, 0.25) is 5.43 Å². The number of methoxy groups -OCH3 is 1. The van der Waals surface area contributed by atoms with E-state index >= 15 is 0 Å². The summed E-state index contributed by atoms with van der Waals surface area (Å²) in [4.78, 5) is 25.7. The Bertz CT molecular complexity index is 1050. The topological polar surface area (TPSA) is 69.6 Å². The Labute approximate surface area is 163 Å². The van der Waals surface area contributed by atoms with Gasteiger partial charge in [0.1, 0.15) is 17.1 Å².